The Morgan fingerprint density at radius 1 is 1.00 bits per heavy atom. The van der Waals surface area contributed by atoms with Crippen molar-refractivity contribution in [3.63, 3.8) is 0 Å². The van der Waals surface area contributed by atoms with Crippen molar-refractivity contribution in [3.8, 4) is 11.5 Å². The van der Waals surface area contributed by atoms with Gasteiger partial charge in [0, 0.05) is 12.2 Å². The molecule has 3 aromatic rings. The lowest BCUT2D eigenvalue weighted by molar-refractivity contribution is 0.0666. The van der Waals surface area contributed by atoms with Gasteiger partial charge in [0.25, 0.3) is 5.91 Å². The predicted molar refractivity (Wildman–Crippen MR) is 102 cm³/mol. The maximum atomic E-state index is 13.4. The molecule has 0 saturated carbocycles. The number of hydrogen-bond acceptors (Lipinski definition) is 4. The van der Waals surface area contributed by atoms with Gasteiger partial charge in [-0.1, -0.05) is 30.3 Å². The largest absolute Gasteiger partial charge is 0.454 e. The van der Waals surface area contributed by atoms with Gasteiger partial charge in [0.15, 0.2) is 11.5 Å². The number of carbonyl (C=O) groups excluding carboxylic acids is 1. The zero-order valence-corrected chi connectivity index (χ0v) is 14.9. The zero-order valence-electron chi connectivity index (χ0n) is 14.9. The molecule has 2 heterocycles. The number of benzene rings is 3. The first kappa shape index (κ1) is 16.6. The van der Waals surface area contributed by atoms with E-state index in [2.05, 4.69) is 5.32 Å². The average Bonchev–Trinajstić information content (AvgIpc) is 3.18. The van der Waals surface area contributed by atoms with Crippen molar-refractivity contribution in [1.82, 2.24) is 4.90 Å². The van der Waals surface area contributed by atoms with Crippen molar-refractivity contribution in [2.45, 2.75) is 12.7 Å². The van der Waals surface area contributed by atoms with E-state index in [1.807, 2.05) is 36.4 Å². The highest BCUT2D eigenvalue weighted by Crippen LogP contribution is 2.36. The quantitative estimate of drug-likeness (QED) is 0.740. The van der Waals surface area contributed by atoms with Crippen LogP contribution in [0.5, 0.6) is 11.5 Å². The molecule has 5 nitrogen and oxygen atoms in total. The summed E-state index contributed by atoms with van der Waals surface area (Å²) in [6.45, 7) is 0.577. The van der Waals surface area contributed by atoms with Crippen molar-refractivity contribution in [2.24, 2.45) is 0 Å². The van der Waals surface area contributed by atoms with Crippen LogP contribution < -0.4 is 14.8 Å². The minimum Gasteiger partial charge on any atom is -0.454 e. The van der Waals surface area contributed by atoms with Crippen LogP contribution in [0.2, 0.25) is 0 Å². The number of nitrogens with zero attached hydrogens (tertiary/aromatic N) is 1. The van der Waals surface area contributed by atoms with Crippen molar-refractivity contribution < 1.29 is 18.7 Å². The minimum atomic E-state index is -0.409. The molecule has 2 aliphatic rings. The van der Waals surface area contributed by atoms with Crippen LogP contribution in [0.1, 0.15) is 27.7 Å². The summed E-state index contributed by atoms with van der Waals surface area (Å²) in [4.78, 5) is 15.0. The number of rotatable bonds is 3. The van der Waals surface area contributed by atoms with Crippen molar-refractivity contribution >= 4 is 11.6 Å². The average molecular weight is 376 g/mol. The van der Waals surface area contributed by atoms with Crippen LogP contribution in [0.4, 0.5) is 10.1 Å². The van der Waals surface area contributed by atoms with Crippen LogP contribution in [-0.2, 0) is 6.54 Å². The predicted octanol–water partition coefficient (Wildman–Crippen LogP) is 4.32. The van der Waals surface area contributed by atoms with E-state index in [-0.39, 0.29) is 18.5 Å². The molecule has 0 saturated heterocycles. The van der Waals surface area contributed by atoms with Crippen molar-refractivity contribution in [2.75, 3.05) is 12.1 Å². The SMILES string of the molecule is O=C1c2ccccc2N[C@H](c2ccc(F)cc2)N1Cc1ccc2c(c1)OCO2. The Morgan fingerprint density at radius 3 is 2.64 bits per heavy atom. The van der Waals surface area contributed by atoms with Gasteiger partial charge in [-0.05, 0) is 47.5 Å². The lowest BCUT2D eigenvalue weighted by atomic mass is 10.0. The Balaban J connectivity index is 1.53. The molecule has 0 unspecified atom stereocenters. The zero-order chi connectivity index (χ0) is 19.1. The number of carbonyl (C=O) groups is 1. The maximum Gasteiger partial charge on any atom is 0.258 e. The smallest absolute Gasteiger partial charge is 0.258 e. The van der Waals surface area contributed by atoms with E-state index in [0.29, 0.717) is 23.6 Å². The molecule has 1 amide bonds. The van der Waals surface area contributed by atoms with Crippen LogP contribution >= 0.6 is 0 Å². The molecule has 6 heteroatoms. The third-order valence-corrected chi connectivity index (χ3v) is 5.00. The number of halogens is 1. The minimum absolute atomic E-state index is 0.0821. The number of hydrogen-bond donors (Lipinski definition) is 1. The molecule has 3 aromatic carbocycles. The molecule has 5 rings (SSSR count). The van der Waals surface area contributed by atoms with Crippen LogP contribution in [0, 0.1) is 5.82 Å². The second kappa shape index (κ2) is 6.56. The van der Waals surface area contributed by atoms with Gasteiger partial charge < -0.3 is 19.7 Å². The summed E-state index contributed by atoms with van der Waals surface area (Å²) in [5.41, 5.74) is 3.11. The first-order chi connectivity index (χ1) is 13.7. The van der Waals surface area contributed by atoms with Crippen LogP contribution in [0.25, 0.3) is 0 Å². The number of para-hydroxylation sites is 1. The first-order valence-corrected chi connectivity index (χ1v) is 8.99. The summed E-state index contributed by atoms with van der Waals surface area (Å²) in [5.74, 6) is 0.982. The summed E-state index contributed by atoms with van der Waals surface area (Å²) < 4.78 is 24.2. The number of ether oxygens (including phenoxy) is 2. The topological polar surface area (TPSA) is 50.8 Å². The third-order valence-electron chi connectivity index (χ3n) is 5.00. The molecule has 0 aliphatic carbocycles. The molecule has 0 radical (unpaired) electrons. The molecule has 1 N–H and O–H groups in total. The Morgan fingerprint density at radius 2 is 1.79 bits per heavy atom. The third kappa shape index (κ3) is 2.83. The Hall–Kier alpha value is -3.54. The highest BCUT2D eigenvalue weighted by molar-refractivity contribution is 6.01. The van der Waals surface area contributed by atoms with E-state index in [9.17, 15) is 9.18 Å². The van der Waals surface area contributed by atoms with Crippen LogP contribution in [0.15, 0.2) is 66.7 Å². The first-order valence-electron chi connectivity index (χ1n) is 8.99. The Labute approximate surface area is 161 Å². The van der Waals surface area contributed by atoms with E-state index in [4.69, 9.17) is 9.47 Å². The highest BCUT2D eigenvalue weighted by Gasteiger charge is 2.33. The van der Waals surface area contributed by atoms with Gasteiger partial charge in [0.05, 0.1) is 5.56 Å². The molecular formula is C22H17FN2O3. The maximum absolute atomic E-state index is 13.4. The lowest BCUT2D eigenvalue weighted by Crippen LogP contribution is -2.42. The second-order valence-corrected chi connectivity index (χ2v) is 6.76. The summed E-state index contributed by atoms with van der Waals surface area (Å²) in [6, 6.07) is 19.3. The van der Waals surface area contributed by atoms with E-state index >= 15 is 0 Å². The van der Waals surface area contributed by atoms with Gasteiger partial charge in [-0.2, -0.15) is 0 Å². The molecule has 0 spiro atoms. The van der Waals surface area contributed by atoms with Crippen molar-refractivity contribution in [1.29, 1.82) is 0 Å². The standard InChI is InChI=1S/C22H17FN2O3/c23-16-8-6-15(7-9-16)21-24-18-4-2-1-3-17(18)22(26)25(21)12-14-5-10-19-20(11-14)28-13-27-19/h1-11,21,24H,12-13H2/t21-/m0/s1. The molecule has 140 valence electrons. The lowest BCUT2D eigenvalue weighted by Gasteiger charge is -2.38. The summed E-state index contributed by atoms with van der Waals surface area (Å²) in [6.07, 6.45) is -0.409. The van der Waals surface area contributed by atoms with Gasteiger partial charge in [-0.15, -0.1) is 0 Å². The molecule has 0 fully saturated rings. The van der Waals surface area contributed by atoms with E-state index < -0.39 is 6.17 Å². The fourth-order valence-corrected chi connectivity index (χ4v) is 3.60. The molecular weight excluding hydrogens is 359 g/mol. The van der Waals surface area contributed by atoms with E-state index in [1.54, 1.807) is 23.1 Å². The second-order valence-electron chi connectivity index (χ2n) is 6.76. The normalized spacial score (nSPS) is 17.2. The fourth-order valence-electron chi connectivity index (χ4n) is 3.60. The monoisotopic (exact) mass is 376 g/mol. The molecule has 1 atom stereocenters. The van der Waals surface area contributed by atoms with Gasteiger partial charge in [-0.25, -0.2) is 4.39 Å². The highest BCUT2D eigenvalue weighted by atomic mass is 19.1. The summed E-state index contributed by atoms with van der Waals surface area (Å²) in [5, 5.41) is 3.41. The summed E-state index contributed by atoms with van der Waals surface area (Å²) >= 11 is 0. The van der Waals surface area contributed by atoms with Crippen LogP contribution in [-0.4, -0.2) is 17.6 Å². The van der Waals surface area contributed by atoms with Crippen molar-refractivity contribution in [3.05, 3.63) is 89.2 Å². The molecule has 0 bridgehead atoms. The Kier molecular flexibility index (Phi) is 3.90. The molecule has 0 aromatic heterocycles. The molecule has 2 aliphatic heterocycles. The van der Waals surface area contributed by atoms with Gasteiger partial charge in [0.1, 0.15) is 12.0 Å². The number of anilines is 1. The number of nitrogens with one attached hydrogen (secondary N) is 1. The van der Waals surface area contributed by atoms with Gasteiger partial charge in [-0.3, -0.25) is 4.79 Å². The Bertz CT molecular complexity index is 1050. The van der Waals surface area contributed by atoms with Gasteiger partial charge in [0.2, 0.25) is 6.79 Å². The van der Waals surface area contributed by atoms with E-state index in [1.165, 1.54) is 12.1 Å². The fraction of sp³-hybridized carbons (Fsp3) is 0.136. The number of amides is 1. The summed E-state index contributed by atoms with van der Waals surface area (Å²) in [7, 11) is 0. The number of fused-ring (bicyclic) bond motifs is 2. The van der Waals surface area contributed by atoms with Crippen LogP contribution in [0.3, 0.4) is 0 Å². The molecule has 28 heavy (non-hydrogen) atoms. The van der Waals surface area contributed by atoms with E-state index in [0.717, 1.165) is 16.8 Å². The van der Waals surface area contributed by atoms with Gasteiger partial charge >= 0.3 is 0 Å².